The Hall–Kier alpha value is -5.84. The molecule has 7 heteroatoms. The Bertz CT molecular complexity index is 2530. The maximum atomic E-state index is 12.9. The number of benzene rings is 4. The van der Waals surface area contributed by atoms with E-state index >= 15 is 0 Å². The molecule has 62 heavy (non-hydrogen) atoms. The van der Waals surface area contributed by atoms with E-state index in [0.717, 1.165) is 113 Å². The van der Waals surface area contributed by atoms with Crippen molar-refractivity contribution in [1.29, 1.82) is 5.41 Å². The van der Waals surface area contributed by atoms with Gasteiger partial charge in [0.25, 0.3) is 5.84 Å². The molecule has 5 aliphatic carbocycles. The standard InChI is InChI=1S/C55H57N5O2/c56-53-51-50(44-15-6-3-7-16-44)52(45-17-8-4-9-18-45)60(54(51)57-37-59(53)35-39-20-26-48(61)27-21-39)36-40-14-11-13-38(28-40)12-5-1-2-10-19-49(62)58-47-24-22-46(23-25-47)55-32-41-29-42(33-55)31-43(30-41)34-55/h3-4,6-9,11,13-18,22-25,28,35,37,39,41-43,48,56,61H,1-2,10,19-21,26-27,29-34,36H2/p+1. The predicted molar refractivity (Wildman–Crippen MR) is 250 cm³/mol. The molecule has 0 saturated heterocycles. The van der Waals surface area contributed by atoms with Crippen molar-refractivity contribution in [3.05, 3.63) is 131 Å². The SMILES string of the molecule is N=C1c2c(-c3ccccc3)c(-c3ccccc3)n(Cc3cccc(C#CCCCCC(=O)Nc4ccc(C56CC7CC(CC(C7)C5)C6)cc4)c3)c2N=C[N+]1=CC1CCC(O)CC1. The first kappa shape index (κ1) is 40.2. The van der Waals surface area contributed by atoms with Gasteiger partial charge >= 0.3 is 0 Å². The second-order valence-electron chi connectivity index (χ2n) is 19.0. The van der Waals surface area contributed by atoms with Crippen molar-refractivity contribution in [2.24, 2.45) is 28.7 Å². The number of aromatic nitrogens is 1. The Labute approximate surface area is 366 Å². The van der Waals surface area contributed by atoms with Crippen molar-refractivity contribution < 1.29 is 14.5 Å². The van der Waals surface area contributed by atoms with Crippen LogP contribution >= 0.6 is 0 Å². The summed E-state index contributed by atoms with van der Waals surface area (Å²) < 4.78 is 4.15. The van der Waals surface area contributed by atoms with Crippen molar-refractivity contribution >= 4 is 35.8 Å². The van der Waals surface area contributed by atoms with Gasteiger partial charge in [-0.2, -0.15) is 5.41 Å². The monoisotopic (exact) mass is 820 g/mol. The third-order valence-corrected chi connectivity index (χ3v) is 14.5. The maximum absolute atomic E-state index is 12.9. The molecule has 0 spiro atoms. The number of amides is 1. The minimum absolute atomic E-state index is 0.0704. The topological polar surface area (TPSA) is 93.5 Å². The highest BCUT2D eigenvalue weighted by atomic mass is 16.3. The number of aliphatic hydroxyl groups is 1. The Morgan fingerprint density at radius 2 is 1.50 bits per heavy atom. The van der Waals surface area contributed by atoms with Crippen LogP contribution in [0.4, 0.5) is 11.5 Å². The molecule has 1 amide bonds. The molecule has 4 bridgehead atoms. The van der Waals surface area contributed by atoms with Crippen LogP contribution in [0.2, 0.25) is 0 Å². The number of hydrogen-bond donors (Lipinski definition) is 3. The fourth-order valence-corrected chi connectivity index (χ4v) is 12.0. The van der Waals surface area contributed by atoms with Gasteiger partial charge < -0.3 is 15.0 Å². The zero-order chi connectivity index (χ0) is 42.0. The molecule has 0 atom stereocenters. The van der Waals surface area contributed by atoms with Gasteiger partial charge in [0.2, 0.25) is 18.1 Å². The molecule has 1 aromatic heterocycles. The first-order valence-electron chi connectivity index (χ1n) is 23.2. The lowest BCUT2D eigenvalue weighted by molar-refractivity contribution is -0.256. The number of hydrogen-bond acceptors (Lipinski definition) is 4. The van der Waals surface area contributed by atoms with Crippen LogP contribution in [0, 0.1) is 40.9 Å². The number of nitrogens with zero attached hydrogens (tertiary/aromatic N) is 3. The maximum Gasteiger partial charge on any atom is 0.271 e. The number of carbonyl (C=O) groups excluding carboxylic acids is 1. The van der Waals surface area contributed by atoms with Crippen LogP contribution in [0.15, 0.2) is 114 Å². The molecule has 314 valence electrons. The zero-order valence-corrected chi connectivity index (χ0v) is 35.7. The smallest absolute Gasteiger partial charge is 0.271 e. The largest absolute Gasteiger partial charge is 0.393 e. The zero-order valence-electron chi connectivity index (χ0n) is 35.7. The molecule has 0 radical (unpaired) electrons. The Balaban J connectivity index is 0.813. The Morgan fingerprint density at radius 3 is 2.19 bits per heavy atom. The molecule has 4 aromatic carbocycles. The highest BCUT2D eigenvalue weighted by Gasteiger charge is 2.51. The second-order valence-corrected chi connectivity index (χ2v) is 19.0. The fourth-order valence-electron chi connectivity index (χ4n) is 12.0. The lowest BCUT2D eigenvalue weighted by Crippen LogP contribution is -2.48. The summed E-state index contributed by atoms with van der Waals surface area (Å²) in [5, 5.41) is 22.9. The van der Waals surface area contributed by atoms with E-state index in [4.69, 9.17) is 4.99 Å². The van der Waals surface area contributed by atoms with E-state index in [0.29, 0.717) is 24.2 Å². The van der Waals surface area contributed by atoms with Crippen molar-refractivity contribution in [2.75, 3.05) is 5.32 Å². The second kappa shape index (κ2) is 17.5. The number of anilines is 1. The molecule has 5 saturated carbocycles. The summed E-state index contributed by atoms with van der Waals surface area (Å²) in [7, 11) is 0. The molecule has 7 nitrogen and oxygen atoms in total. The highest BCUT2D eigenvalue weighted by molar-refractivity contribution is 6.11. The summed E-state index contributed by atoms with van der Waals surface area (Å²) in [5.74, 6) is 11.1. The van der Waals surface area contributed by atoms with Crippen LogP contribution in [0.5, 0.6) is 0 Å². The Morgan fingerprint density at radius 1 is 0.823 bits per heavy atom. The van der Waals surface area contributed by atoms with E-state index in [2.05, 4.69) is 125 Å². The first-order chi connectivity index (χ1) is 30.4. The van der Waals surface area contributed by atoms with Crippen molar-refractivity contribution in [3.63, 3.8) is 0 Å². The summed E-state index contributed by atoms with van der Waals surface area (Å²) in [6.45, 7) is 0.559. The van der Waals surface area contributed by atoms with Crippen LogP contribution in [-0.4, -0.2) is 44.6 Å². The average Bonchev–Trinajstić information content (AvgIpc) is 3.61. The number of nitrogens with one attached hydrogen (secondary N) is 2. The number of aliphatic imine (C=N–C) groups is 1. The van der Waals surface area contributed by atoms with Gasteiger partial charge in [0, 0.05) is 35.6 Å². The van der Waals surface area contributed by atoms with Crippen LogP contribution in [0.3, 0.4) is 0 Å². The Kier molecular flexibility index (Phi) is 11.4. The number of amidine groups is 1. The lowest BCUT2D eigenvalue weighted by Gasteiger charge is -2.57. The van der Waals surface area contributed by atoms with Crippen molar-refractivity contribution in [2.45, 2.75) is 108 Å². The minimum atomic E-state index is -0.230. The van der Waals surface area contributed by atoms with Gasteiger partial charge in [0.15, 0.2) is 0 Å². The number of rotatable bonds is 11. The minimum Gasteiger partial charge on any atom is -0.393 e. The van der Waals surface area contributed by atoms with Crippen molar-refractivity contribution in [1.82, 2.24) is 4.57 Å². The average molecular weight is 821 g/mol. The predicted octanol–water partition coefficient (Wildman–Crippen LogP) is 11.5. The fraction of sp³-hybridized carbons (Fsp3) is 0.382. The lowest BCUT2D eigenvalue weighted by atomic mass is 9.48. The summed E-state index contributed by atoms with van der Waals surface area (Å²) in [5.41, 5.74) is 9.79. The van der Waals surface area contributed by atoms with Gasteiger partial charge in [-0.3, -0.25) is 4.79 Å². The van der Waals surface area contributed by atoms with Crippen LogP contribution in [-0.2, 0) is 16.8 Å². The molecule has 5 fully saturated rings. The first-order valence-corrected chi connectivity index (χ1v) is 23.2. The highest BCUT2D eigenvalue weighted by Crippen LogP contribution is 2.60. The number of aliphatic hydroxyl groups excluding tert-OH is 1. The number of carbonyl (C=O) groups is 1. The number of unbranched alkanes of at least 4 members (excludes halogenated alkanes) is 2. The molecule has 5 aromatic rings. The van der Waals surface area contributed by atoms with Gasteiger partial charge in [-0.05, 0) is 147 Å². The van der Waals surface area contributed by atoms with E-state index in [1.165, 1.54) is 44.1 Å². The summed E-state index contributed by atoms with van der Waals surface area (Å²) in [6.07, 6.45) is 18.4. The van der Waals surface area contributed by atoms with Crippen LogP contribution < -0.4 is 5.32 Å². The number of fused-ring (bicyclic) bond motifs is 1. The van der Waals surface area contributed by atoms with E-state index in [9.17, 15) is 15.3 Å². The van der Waals surface area contributed by atoms with E-state index in [1.54, 1.807) is 6.34 Å². The van der Waals surface area contributed by atoms with Gasteiger partial charge in [-0.25, -0.2) is 4.58 Å². The molecule has 2 heterocycles. The molecule has 11 rings (SSSR count). The molecular weight excluding hydrogens is 763 g/mol. The molecule has 6 aliphatic rings. The molecular formula is C55H58N5O2+. The molecule has 0 unspecified atom stereocenters. The van der Waals surface area contributed by atoms with Gasteiger partial charge in [0.1, 0.15) is 5.56 Å². The quantitative estimate of drug-likeness (QED) is 0.0703. The van der Waals surface area contributed by atoms with Crippen LogP contribution in [0.1, 0.15) is 112 Å². The van der Waals surface area contributed by atoms with E-state index in [-0.39, 0.29) is 17.9 Å². The third-order valence-electron chi connectivity index (χ3n) is 14.5. The summed E-state index contributed by atoms with van der Waals surface area (Å²) in [6, 6.07) is 38.1. The van der Waals surface area contributed by atoms with Crippen LogP contribution in [0.25, 0.3) is 22.4 Å². The van der Waals surface area contributed by atoms with Gasteiger partial charge in [0.05, 0.1) is 24.6 Å². The van der Waals surface area contributed by atoms with E-state index in [1.807, 2.05) is 16.7 Å². The van der Waals surface area contributed by atoms with Crippen molar-refractivity contribution in [3.8, 4) is 34.2 Å². The van der Waals surface area contributed by atoms with Gasteiger partial charge in [-0.15, -0.1) is 0 Å². The van der Waals surface area contributed by atoms with E-state index < -0.39 is 0 Å². The molecule has 1 aliphatic heterocycles. The van der Waals surface area contributed by atoms with Gasteiger partial charge in [-0.1, -0.05) is 102 Å². The summed E-state index contributed by atoms with van der Waals surface area (Å²) >= 11 is 0. The normalized spacial score (nSPS) is 25.3. The summed E-state index contributed by atoms with van der Waals surface area (Å²) in [4.78, 5) is 18.0. The third kappa shape index (κ3) is 8.38. The molecule has 3 N–H and O–H groups in total.